The molecule has 0 saturated heterocycles. The van der Waals surface area contributed by atoms with Crippen molar-refractivity contribution in [3.05, 3.63) is 41.0 Å². The summed E-state index contributed by atoms with van der Waals surface area (Å²) in [5, 5.41) is 4.97. The minimum absolute atomic E-state index is 0.731. The number of hydrogen-bond donors (Lipinski definition) is 0. The van der Waals surface area contributed by atoms with Gasteiger partial charge >= 0.3 is 0 Å². The first-order chi connectivity index (χ1) is 6.66. The van der Waals surface area contributed by atoms with Crippen LogP contribution in [0.4, 0.5) is 0 Å². The van der Waals surface area contributed by atoms with Gasteiger partial charge in [-0.1, -0.05) is 23.7 Å². The number of nitrogens with zero attached hydrogens (tertiary/aromatic N) is 2. The number of aryl methyl sites for hydroxylation is 2. The molecule has 0 aliphatic carbocycles. The smallest absolute Gasteiger partial charge is 0.0762 e. The molecule has 1 radical (unpaired) electrons. The van der Waals surface area contributed by atoms with Gasteiger partial charge in [0.15, 0.2) is 0 Å². The third kappa shape index (κ3) is 1.66. The lowest BCUT2D eigenvalue weighted by Gasteiger charge is -2.01. The van der Waals surface area contributed by atoms with Crippen LogP contribution in [0, 0.1) is 13.0 Å². The summed E-state index contributed by atoms with van der Waals surface area (Å²) in [6.07, 6.45) is 0. The lowest BCUT2D eigenvalue weighted by Crippen LogP contribution is -1.93. The maximum atomic E-state index is 5.91. The van der Waals surface area contributed by atoms with E-state index in [-0.39, 0.29) is 0 Å². The molecule has 2 nitrogen and oxygen atoms in total. The molecule has 0 atom stereocenters. The predicted octanol–water partition coefficient (Wildman–Crippen LogP) is 2.85. The minimum atomic E-state index is 0.731. The number of aromatic nitrogens is 2. The first-order valence-corrected chi connectivity index (χ1v) is 4.73. The summed E-state index contributed by atoms with van der Waals surface area (Å²) < 4.78 is 1.81. The van der Waals surface area contributed by atoms with E-state index in [0.717, 1.165) is 22.0 Å². The zero-order valence-electron chi connectivity index (χ0n) is 8.08. The fourth-order valence-corrected chi connectivity index (χ4v) is 1.64. The van der Waals surface area contributed by atoms with Crippen LogP contribution in [-0.2, 0) is 7.05 Å². The average molecular weight is 206 g/mol. The van der Waals surface area contributed by atoms with E-state index in [4.69, 9.17) is 11.6 Å². The van der Waals surface area contributed by atoms with Crippen LogP contribution in [-0.4, -0.2) is 9.78 Å². The van der Waals surface area contributed by atoms with Gasteiger partial charge < -0.3 is 0 Å². The Morgan fingerprint density at radius 1 is 1.43 bits per heavy atom. The Morgan fingerprint density at radius 3 is 2.79 bits per heavy atom. The monoisotopic (exact) mass is 205 g/mol. The highest BCUT2D eigenvalue weighted by molar-refractivity contribution is 6.30. The van der Waals surface area contributed by atoms with Crippen molar-refractivity contribution < 1.29 is 0 Å². The molecule has 3 heteroatoms. The molecule has 0 fully saturated rings. The van der Waals surface area contributed by atoms with Crippen molar-refractivity contribution in [2.75, 3.05) is 0 Å². The van der Waals surface area contributed by atoms with Crippen LogP contribution >= 0.6 is 11.6 Å². The summed E-state index contributed by atoms with van der Waals surface area (Å²) >= 11 is 5.91. The van der Waals surface area contributed by atoms with Gasteiger partial charge in [-0.05, 0) is 19.1 Å². The highest BCUT2D eigenvalue weighted by atomic mass is 35.5. The second kappa shape index (κ2) is 3.46. The lowest BCUT2D eigenvalue weighted by atomic mass is 10.1. The lowest BCUT2D eigenvalue weighted by molar-refractivity contribution is 0.764. The Morgan fingerprint density at radius 2 is 2.21 bits per heavy atom. The molecule has 1 heterocycles. The van der Waals surface area contributed by atoms with Crippen LogP contribution in [0.1, 0.15) is 5.69 Å². The molecule has 1 aromatic heterocycles. The van der Waals surface area contributed by atoms with Gasteiger partial charge in [-0.3, -0.25) is 4.68 Å². The predicted molar refractivity (Wildman–Crippen MR) is 57.2 cm³/mol. The Hall–Kier alpha value is -1.28. The van der Waals surface area contributed by atoms with Crippen molar-refractivity contribution in [1.82, 2.24) is 9.78 Å². The van der Waals surface area contributed by atoms with Gasteiger partial charge in [-0.25, -0.2) is 0 Å². The molecule has 2 aromatic rings. The summed E-state index contributed by atoms with van der Waals surface area (Å²) in [7, 11) is 1.90. The van der Waals surface area contributed by atoms with Crippen LogP contribution in [0.25, 0.3) is 11.3 Å². The van der Waals surface area contributed by atoms with Crippen molar-refractivity contribution in [1.29, 1.82) is 0 Å². The van der Waals surface area contributed by atoms with Gasteiger partial charge in [0, 0.05) is 23.7 Å². The van der Waals surface area contributed by atoms with Gasteiger partial charge in [0.1, 0.15) is 0 Å². The van der Waals surface area contributed by atoms with Crippen LogP contribution in [0.5, 0.6) is 0 Å². The standard InChI is InChI=1S/C11H10ClN2/c1-8-6-11(14(2)13-8)9-4-3-5-10(12)7-9/h3-5,7H,1-2H3. The number of rotatable bonds is 1. The van der Waals surface area contributed by atoms with Crippen LogP contribution in [0.2, 0.25) is 5.02 Å². The van der Waals surface area contributed by atoms with E-state index in [0.29, 0.717) is 0 Å². The minimum Gasteiger partial charge on any atom is -0.267 e. The molecule has 14 heavy (non-hydrogen) atoms. The van der Waals surface area contributed by atoms with Crippen LogP contribution in [0.15, 0.2) is 24.3 Å². The molecule has 0 N–H and O–H groups in total. The van der Waals surface area contributed by atoms with E-state index in [1.807, 2.05) is 38.2 Å². The average Bonchev–Trinajstić information content (AvgIpc) is 2.45. The zero-order valence-corrected chi connectivity index (χ0v) is 8.84. The van der Waals surface area contributed by atoms with E-state index in [1.54, 1.807) is 4.68 Å². The molecule has 0 saturated carbocycles. The van der Waals surface area contributed by atoms with E-state index in [1.165, 1.54) is 0 Å². The summed E-state index contributed by atoms with van der Waals surface area (Å²) in [5.41, 5.74) is 2.90. The Kier molecular flexibility index (Phi) is 2.30. The van der Waals surface area contributed by atoms with Crippen molar-refractivity contribution in [3.8, 4) is 11.3 Å². The van der Waals surface area contributed by atoms with Gasteiger partial charge in [-0.2, -0.15) is 5.10 Å². The summed E-state index contributed by atoms with van der Waals surface area (Å²) in [5.74, 6) is 0. The fraction of sp³-hybridized carbons (Fsp3) is 0.182. The van der Waals surface area contributed by atoms with E-state index < -0.39 is 0 Å². The maximum absolute atomic E-state index is 5.91. The first-order valence-electron chi connectivity index (χ1n) is 4.35. The van der Waals surface area contributed by atoms with Gasteiger partial charge in [-0.15, -0.1) is 0 Å². The Balaban J connectivity index is 2.54. The molecule has 71 valence electrons. The van der Waals surface area contributed by atoms with Crippen LogP contribution in [0.3, 0.4) is 0 Å². The van der Waals surface area contributed by atoms with Gasteiger partial charge in [0.2, 0.25) is 0 Å². The third-order valence-corrected chi connectivity index (χ3v) is 2.26. The first kappa shape index (κ1) is 9.28. The highest BCUT2D eigenvalue weighted by Crippen LogP contribution is 2.22. The number of benzene rings is 1. The van der Waals surface area contributed by atoms with Crippen molar-refractivity contribution in [2.45, 2.75) is 6.92 Å². The maximum Gasteiger partial charge on any atom is 0.0762 e. The largest absolute Gasteiger partial charge is 0.267 e. The van der Waals surface area contributed by atoms with Gasteiger partial charge in [0.25, 0.3) is 0 Å². The highest BCUT2D eigenvalue weighted by Gasteiger charge is 2.05. The second-order valence-corrected chi connectivity index (χ2v) is 3.63. The molecule has 0 aliphatic heterocycles. The summed E-state index contributed by atoms with van der Waals surface area (Å²) in [4.78, 5) is 0. The fourth-order valence-electron chi connectivity index (χ4n) is 1.45. The molecular formula is C11H10ClN2. The molecule has 0 unspecified atom stereocenters. The molecule has 0 amide bonds. The van der Waals surface area contributed by atoms with Crippen molar-refractivity contribution in [2.24, 2.45) is 7.05 Å². The molecular weight excluding hydrogens is 196 g/mol. The van der Waals surface area contributed by atoms with E-state index >= 15 is 0 Å². The van der Waals surface area contributed by atoms with Gasteiger partial charge in [0.05, 0.1) is 11.4 Å². The second-order valence-electron chi connectivity index (χ2n) is 3.19. The quantitative estimate of drug-likeness (QED) is 0.700. The van der Waals surface area contributed by atoms with E-state index in [9.17, 15) is 0 Å². The number of hydrogen-bond acceptors (Lipinski definition) is 1. The summed E-state index contributed by atoms with van der Waals surface area (Å²) in [6.45, 7) is 1.92. The topological polar surface area (TPSA) is 17.8 Å². The van der Waals surface area contributed by atoms with Crippen molar-refractivity contribution in [3.63, 3.8) is 0 Å². The molecule has 0 aliphatic rings. The zero-order chi connectivity index (χ0) is 10.1. The molecule has 1 aromatic carbocycles. The molecule has 0 spiro atoms. The van der Waals surface area contributed by atoms with Crippen molar-refractivity contribution >= 4 is 11.6 Å². The molecule has 2 rings (SSSR count). The summed E-state index contributed by atoms with van der Waals surface area (Å²) in [6, 6.07) is 10.9. The van der Waals surface area contributed by atoms with Crippen LogP contribution < -0.4 is 0 Å². The Labute approximate surface area is 88.1 Å². The normalized spacial score (nSPS) is 10.5. The van der Waals surface area contributed by atoms with E-state index in [2.05, 4.69) is 11.2 Å². The number of halogens is 1. The third-order valence-electron chi connectivity index (χ3n) is 2.02. The Bertz CT molecular complexity index is 460. The SMILES string of the molecule is Cc1[c]c(-c2cccc(Cl)c2)n(C)n1. The molecule has 0 bridgehead atoms.